The number of carbonyl (C=O) groups excluding carboxylic acids is 1. The second-order valence-corrected chi connectivity index (χ2v) is 5.37. The van der Waals surface area contributed by atoms with E-state index in [0.29, 0.717) is 17.2 Å². The Bertz CT molecular complexity index is 439. The van der Waals surface area contributed by atoms with E-state index in [1.807, 2.05) is 26.0 Å². The van der Waals surface area contributed by atoms with E-state index < -0.39 is 0 Å². The Balaban J connectivity index is 2.38. The molecule has 1 unspecified atom stereocenters. The van der Waals surface area contributed by atoms with Crippen molar-refractivity contribution in [2.75, 3.05) is 13.2 Å². The molecule has 0 radical (unpaired) electrons. The molecule has 0 bridgehead atoms. The molecule has 0 heterocycles. The van der Waals surface area contributed by atoms with Crippen molar-refractivity contribution in [3.05, 3.63) is 29.3 Å². The average molecular weight is 300 g/mol. The highest BCUT2D eigenvalue weighted by Gasteiger charge is 2.23. The van der Waals surface area contributed by atoms with Gasteiger partial charge >= 0.3 is 0 Å². The second-order valence-electron chi connectivity index (χ2n) is 4.96. The van der Waals surface area contributed by atoms with Crippen LogP contribution in [-0.4, -0.2) is 29.8 Å². The van der Waals surface area contributed by atoms with Crippen LogP contribution in [0.1, 0.15) is 33.1 Å². The maximum Gasteiger partial charge on any atom is 0.223 e. The highest BCUT2D eigenvalue weighted by atomic mass is 35.5. The predicted molar refractivity (Wildman–Crippen MR) is 80.1 cm³/mol. The highest BCUT2D eigenvalue weighted by molar-refractivity contribution is 6.32. The lowest BCUT2D eigenvalue weighted by atomic mass is 9.95. The van der Waals surface area contributed by atoms with Gasteiger partial charge in [-0.25, -0.2) is 0 Å². The number of aliphatic hydroxyl groups excluding tert-OH is 1. The Labute approximate surface area is 125 Å². The molecule has 1 aromatic rings. The summed E-state index contributed by atoms with van der Waals surface area (Å²) < 4.78 is 5.47. The quantitative estimate of drug-likeness (QED) is 0.776. The van der Waals surface area contributed by atoms with Crippen molar-refractivity contribution in [2.24, 2.45) is 0 Å². The zero-order valence-electron chi connectivity index (χ0n) is 12.0. The van der Waals surface area contributed by atoms with Gasteiger partial charge in [-0.1, -0.05) is 30.7 Å². The third-order valence-corrected chi connectivity index (χ3v) is 3.62. The first-order valence-electron chi connectivity index (χ1n) is 6.80. The third kappa shape index (κ3) is 5.39. The zero-order chi connectivity index (χ0) is 15.0. The van der Waals surface area contributed by atoms with Gasteiger partial charge in [0.1, 0.15) is 5.75 Å². The first kappa shape index (κ1) is 16.8. The number of aliphatic hydroxyl groups is 1. The van der Waals surface area contributed by atoms with Crippen LogP contribution in [0.4, 0.5) is 0 Å². The van der Waals surface area contributed by atoms with E-state index in [1.165, 1.54) is 0 Å². The monoisotopic (exact) mass is 299 g/mol. The Kier molecular flexibility index (Phi) is 6.82. The van der Waals surface area contributed by atoms with Gasteiger partial charge in [0.05, 0.1) is 18.1 Å². The number of ether oxygens (including phenoxy) is 1. The summed E-state index contributed by atoms with van der Waals surface area (Å²) in [6.45, 7) is 4.24. The number of carbonyl (C=O) groups is 1. The van der Waals surface area contributed by atoms with E-state index in [-0.39, 0.29) is 31.1 Å². The van der Waals surface area contributed by atoms with Crippen molar-refractivity contribution < 1.29 is 14.6 Å². The molecule has 4 nitrogen and oxygen atoms in total. The van der Waals surface area contributed by atoms with Crippen molar-refractivity contribution in [3.63, 3.8) is 0 Å². The molecule has 20 heavy (non-hydrogen) atoms. The zero-order valence-corrected chi connectivity index (χ0v) is 12.7. The van der Waals surface area contributed by atoms with E-state index in [1.54, 1.807) is 12.1 Å². The molecular formula is C15H22ClNO3. The minimum absolute atomic E-state index is 0.0563. The lowest BCUT2D eigenvalue weighted by Gasteiger charge is -2.29. The lowest BCUT2D eigenvalue weighted by molar-refractivity contribution is -0.123. The highest BCUT2D eigenvalue weighted by Crippen LogP contribution is 2.23. The smallest absolute Gasteiger partial charge is 0.223 e. The Morgan fingerprint density at radius 2 is 2.15 bits per heavy atom. The number of hydrogen-bond donors (Lipinski definition) is 2. The van der Waals surface area contributed by atoms with Crippen LogP contribution in [0.5, 0.6) is 5.75 Å². The SMILES string of the molecule is CCC(C)(CCO)NC(=O)CCOc1ccccc1Cl. The summed E-state index contributed by atoms with van der Waals surface area (Å²) in [5.41, 5.74) is -0.365. The molecule has 0 spiro atoms. The van der Waals surface area contributed by atoms with Gasteiger partial charge in [0.25, 0.3) is 0 Å². The molecule has 1 amide bonds. The molecule has 2 N–H and O–H groups in total. The Morgan fingerprint density at radius 3 is 2.75 bits per heavy atom. The fourth-order valence-electron chi connectivity index (χ4n) is 1.79. The predicted octanol–water partition coefficient (Wildman–Crippen LogP) is 2.78. The van der Waals surface area contributed by atoms with Gasteiger partial charge in [-0.15, -0.1) is 0 Å². The number of rotatable bonds is 8. The van der Waals surface area contributed by atoms with Gasteiger partial charge < -0.3 is 15.2 Å². The Morgan fingerprint density at radius 1 is 1.45 bits per heavy atom. The van der Waals surface area contributed by atoms with Crippen LogP contribution < -0.4 is 10.1 Å². The van der Waals surface area contributed by atoms with Crippen LogP contribution in [0.15, 0.2) is 24.3 Å². The fourth-order valence-corrected chi connectivity index (χ4v) is 1.98. The summed E-state index contributed by atoms with van der Waals surface area (Å²) >= 11 is 5.96. The van der Waals surface area contributed by atoms with Crippen molar-refractivity contribution >= 4 is 17.5 Å². The maximum atomic E-state index is 11.9. The molecule has 0 fully saturated rings. The number of nitrogens with one attached hydrogen (secondary N) is 1. The van der Waals surface area contributed by atoms with E-state index in [4.69, 9.17) is 21.4 Å². The van der Waals surface area contributed by atoms with Crippen LogP contribution in [0, 0.1) is 0 Å². The minimum atomic E-state index is -0.365. The number of halogens is 1. The van der Waals surface area contributed by atoms with Gasteiger partial charge in [0.2, 0.25) is 5.91 Å². The summed E-state index contributed by atoms with van der Waals surface area (Å²) in [6.07, 6.45) is 1.57. The molecule has 0 aliphatic heterocycles. The van der Waals surface area contributed by atoms with Crippen LogP contribution in [0.3, 0.4) is 0 Å². The van der Waals surface area contributed by atoms with Crippen molar-refractivity contribution in [3.8, 4) is 5.75 Å². The van der Waals surface area contributed by atoms with Crippen molar-refractivity contribution in [2.45, 2.75) is 38.6 Å². The van der Waals surface area contributed by atoms with Crippen LogP contribution in [0.2, 0.25) is 5.02 Å². The topological polar surface area (TPSA) is 58.6 Å². The summed E-state index contributed by atoms with van der Waals surface area (Å²) in [5, 5.41) is 12.5. The summed E-state index contributed by atoms with van der Waals surface area (Å²) in [6, 6.07) is 7.16. The van der Waals surface area contributed by atoms with Gasteiger partial charge in [-0.05, 0) is 31.9 Å². The molecule has 1 atom stereocenters. The fraction of sp³-hybridized carbons (Fsp3) is 0.533. The standard InChI is InChI=1S/C15H22ClNO3/c1-3-15(2,9-10-18)17-14(19)8-11-20-13-7-5-4-6-12(13)16/h4-7,18H,3,8-11H2,1-2H3,(H,17,19). The van der Waals surface area contributed by atoms with E-state index in [2.05, 4.69) is 5.32 Å². The van der Waals surface area contributed by atoms with Crippen molar-refractivity contribution in [1.82, 2.24) is 5.32 Å². The lowest BCUT2D eigenvalue weighted by Crippen LogP contribution is -2.46. The van der Waals surface area contributed by atoms with Gasteiger partial charge in [0.15, 0.2) is 0 Å². The van der Waals surface area contributed by atoms with Gasteiger partial charge in [-0.2, -0.15) is 0 Å². The van der Waals surface area contributed by atoms with Crippen LogP contribution in [0.25, 0.3) is 0 Å². The van der Waals surface area contributed by atoms with E-state index >= 15 is 0 Å². The third-order valence-electron chi connectivity index (χ3n) is 3.31. The number of benzene rings is 1. The van der Waals surface area contributed by atoms with Gasteiger partial charge in [-0.3, -0.25) is 4.79 Å². The van der Waals surface area contributed by atoms with Crippen LogP contribution >= 0.6 is 11.6 Å². The first-order valence-corrected chi connectivity index (χ1v) is 7.18. The first-order chi connectivity index (χ1) is 9.50. The molecule has 0 aliphatic rings. The summed E-state index contributed by atoms with van der Waals surface area (Å²) in [7, 11) is 0. The molecule has 0 saturated heterocycles. The van der Waals surface area contributed by atoms with Gasteiger partial charge in [0, 0.05) is 12.1 Å². The average Bonchev–Trinajstić information content (AvgIpc) is 2.41. The minimum Gasteiger partial charge on any atom is -0.491 e. The van der Waals surface area contributed by atoms with Crippen LogP contribution in [-0.2, 0) is 4.79 Å². The molecule has 1 aromatic carbocycles. The van der Waals surface area contributed by atoms with E-state index in [0.717, 1.165) is 6.42 Å². The molecule has 112 valence electrons. The second kappa shape index (κ2) is 8.12. The molecule has 5 heteroatoms. The molecule has 0 aliphatic carbocycles. The van der Waals surface area contributed by atoms with E-state index in [9.17, 15) is 4.79 Å². The molecule has 0 aromatic heterocycles. The molecular weight excluding hydrogens is 278 g/mol. The molecule has 1 rings (SSSR count). The molecule has 0 saturated carbocycles. The summed E-state index contributed by atoms with van der Waals surface area (Å²) in [4.78, 5) is 11.9. The normalized spacial score (nSPS) is 13.6. The Hall–Kier alpha value is -1.26. The largest absolute Gasteiger partial charge is 0.491 e. The van der Waals surface area contributed by atoms with Crippen molar-refractivity contribution in [1.29, 1.82) is 0 Å². The summed E-state index contributed by atoms with van der Waals surface area (Å²) in [5.74, 6) is 0.491. The number of hydrogen-bond acceptors (Lipinski definition) is 3. The maximum absolute atomic E-state index is 11.9. The number of para-hydroxylation sites is 1. The number of amides is 1.